The first kappa shape index (κ1) is 11.2. The fourth-order valence-corrected chi connectivity index (χ4v) is 1.42. The molecule has 0 heterocycles. The smallest absolute Gasteiger partial charge is 0.321 e. The zero-order valence-corrected chi connectivity index (χ0v) is 8.36. The molecule has 0 aromatic rings. The third kappa shape index (κ3) is 3.39. The molecule has 0 rings (SSSR count). The van der Waals surface area contributed by atoms with Gasteiger partial charge in [-0.15, -0.1) is 0 Å². The predicted molar refractivity (Wildman–Crippen MR) is 45.4 cm³/mol. The topological polar surface area (TPSA) is 57.5 Å². The lowest BCUT2D eigenvalue weighted by Crippen LogP contribution is -1.91. The Labute approximate surface area is 71.2 Å². The fourth-order valence-electron chi connectivity index (χ4n) is 0.557. The summed E-state index contributed by atoms with van der Waals surface area (Å²) in [4.78, 5) is 17.3. The van der Waals surface area contributed by atoms with E-state index in [4.69, 9.17) is 21.4 Å². The monoisotopic (exact) mass is 198 g/mol. The van der Waals surface area contributed by atoms with E-state index in [1.807, 2.05) is 0 Å². The van der Waals surface area contributed by atoms with E-state index in [1.54, 1.807) is 13.8 Å². The standard InChI is InChI=1S/C6H12ClO3P/c1-4(2)6(7)5(3)11(8,9)10/h4H,1-3H3,(H2,8,9,10). The van der Waals surface area contributed by atoms with Crippen LogP contribution in [0.2, 0.25) is 0 Å². The van der Waals surface area contributed by atoms with E-state index in [1.165, 1.54) is 6.92 Å². The molecule has 0 saturated heterocycles. The van der Waals surface area contributed by atoms with Crippen molar-refractivity contribution in [1.82, 2.24) is 0 Å². The van der Waals surface area contributed by atoms with E-state index < -0.39 is 7.60 Å². The van der Waals surface area contributed by atoms with Crippen LogP contribution >= 0.6 is 19.2 Å². The molecular formula is C6H12ClO3P. The Morgan fingerprint density at radius 3 is 1.91 bits per heavy atom. The Kier molecular flexibility index (Phi) is 3.78. The van der Waals surface area contributed by atoms with E-state index in [0.29, 0.717) is 0 Å². The van der Waals surface area contributed by atoms with E-state index >= 15 is 0 Å². The molecule has 0 atom stereocenters. The minimum absolute atomic E-state index is 0.0332. The zero-order valence-electron chi connectivity index (χ0n) is 6.71. The molecule has 0 aliphatic rings. The van der Waals surface area contributed by atoms with Gasteiger partial charge in [0.2, 0.25) is 0 Å². The van der Waals surface area contributed by atoms with Crippen LogP contribution in [-0.2, 0) is 4.57 Å². The summed E-state index contributed by atoms with van der Waals surface area (Å²) in [5.41, 5.74) is 0. The van der Waals surface area contributed by atoms with Crippen LogP contribution in [0.1, 0.15) is 20.8 Å². The SMILES string of the molecule is CC(=C(Cl)C(C)C)P(=O)(O)O. The van der Waals surface area contributed by atoms with Crippen molar-refractivity contribution in [2.24, 2.45) is 5.92 Å². The Morgan fingerprint density at radius 1 is 1.45 bits per heavy atom. The highest BCUT2D eigenvalue weighted by atomic mass is 35.5. The summed E-state index contributed by atoms with van der Waals surface area (Å²) >= 11 is 5.64. The number of allylic oxidation sites excluding steroid dienone is 2. The highest BCUT2D eigenvalue weighted by Gasteiger charge is 2.20. The first-order chi connectivity index (χ1) is 4.76. The zero-order chi connectivity index (χ0) is 9.23. The molecule has 0 aliphatic heterocycles. The Bertz CT molecular complexity index is 216. The second kappa shape index (κ2) is 3.72. The predicted octanol–water partition coefficient (Wildman–Crippen LogP) is 2.29. The number of hydrogen-bond donors (Lipinski definition) is 2. The van der Waals surface area contributed by atoms with Gasteiger partial charge in [-0.2, -0.15) is 0 Å². The van der Waals surface area contributed by atoms with Gasteiger partial charge in [0, 0.05) is 5.03 Å². The summed E-state index contributed by atoms with van der Waals surface area (Å²) in [5.74, 6) is -0.0377. The van der Waals surface area contributed by atoms with Crippen LogP contribution in [0.4, 0.5) is 0 Å². The molecule has 0 bridgehead atoms. The fraction of sp³-hybridized carbons (Fsp3) is 0.667. The summed E-state index contributed by atoms with van der Waals surface area (Å²) in [6.07, 6.45) is 0. The van der Waals surface area contributed by atoms with Crippen molar-refractivity contribution in [3.05, 3.63) is 10.3 Å². The Hall–Kier alpha value is 0.180. The van der Waals surface area contributed by atoms with Gasteiger partial charge in [0.1, 0.15) is 0 Å². The second-order valence-corrected chi connectivity index (χ2v) is 4.80. The quantitative estimate of drug-likeness (QED) is 0.670. The van der Waals surface area contributed by atoms with Crippen LogP contribution in [0.3, 0.4) is 0 Å². The highest BCUT2D eigenvalue weighted by molar-refractivity contribution is 7.56. The summed E-state index contributed by atoms with van der Waals surface area (Å²) in [6, 6.07) is 0. The van der Waals surface area contributed by atoms with Gasteiger partial charge in [-0.1, -0.05) is 25.4 Å². The molecule has 0 amide bonds. The molecule has 5 heteroatoms. The molecule has 2 N–H and O–H groups in total. The summed E-state index contributed by atoms with van der Waals surface area (Å²) in [7, 11) is -4.12. The first-order valence-electron chi connectivity index (χ1n) is 3.19. The van der Waals surface area contributed by atoms with Crippen molar-refractivity contribution in [3.8, 4) is 0 Å². The lowest BCUT2D eigenvalue weighted by atomic mass is 10.2. The van der Waals surface area contributed by atoms with Crippen molar-refractivity contribution in [2.75, 3.05) is 0 Å². The molecule has 3 nitrogen and oxygen atoms in total. The van der Waals surface area contributed by atoms with Crippen LogP contribution in [0.25, 0.3) is 0 Å². The summed E-state index contributed by atoms with van der Waals surface area (Å²) in [6.45, 7) is 4.91. The lowest BCUT2D eigenvalue weighted by Gasteiger charge is -2.09. The maximum absolute atomic E-state index is 10.6. The molecule has 0 spiro atoms. The molecule has 0 aliphatic carbocycles. The minimum atomic E-state index is -4.12. The number of hydrogen-bond acceptors (Lipinski definition) is 1. The molecule has 0 aromatic heterocycles. The van der Waals surface area contributed by atoms with Gasteiger partial charge in [-0.25, -0.2) is 0 Å². The van der Waals surface area contributed by atoms with Crippen molar-refractivity contribution in [3.63, 3.8) is 0 Å². The molecule has 0 aromatic carbocycles. The number of halogens is 1. The van der Waals surface area contributed by atoms with Crippen molar-refractivity contribution in [1.29, 1.82) is 0 Å². The molecule has 0 saturated carbocycles. The van der Waals surface area contributed by atoms with Gasteiger partial charge >= 0.3 is 7.60 Å². The van der Waals surface area contributed by atoms with E-state index in [0.717, 1.165) is 0 Å². The molecule has 0 fully saturated rings. The van der Waals surface area contributed by atoms with Crippen molar-refractivity contribution < 1.29 is 14.4 Å². The van der Waals surface area contributed by atoms with Crippen LogP contribution in [0.5, 0.6) is 0 Å². The third-order valence-electron chi connectivity index (χ3n) is 1.29. The van der Waals surface area contributed by atoms with Crippen molar-refractivity contribution >= 4 is 19.2 Å². The maximum Gasteiger partial charge on any atom is 0.353 e. The summed E-state index contributed by atoms with van der Waals surface area (Å²) < 4.78 is 10.6. The molecule has 66 valence electrons. The largest absolute Gasteiger partial charge is 0.353 e. The molecule has 0 radical (unpaired) electrons. The lowest BCUT2D eigenvalue weighted by molar-refractivity contribution is 0.381. The normalized spacial score (nSPS) is 15.2. The Balaban J connectivity index is 4.83. The van der Waals surface area contributed by atoms with Gasteiger partial charge in [0.15, 0.2) is 0 Å². The van der Waals surface area contributed by atoms with Gasteiger partial charge in [0.05, 0.1) is 5.31 Å². The second-order valence-electron chi connectivity index (χ2n) is 2.63. The van der Waals surface area contributed by atoms with Crippen LogP contribution in [-0.4, -0.2) is 9.79 Å². The van der Waals surface area contributed by atoms with E-state index in [9.17, 15) is 4.57 Å². The molecular weight excluding hydrogens is 186 g/mol. The molecule has 0 unspecified atom stereocenters. The van der Waals surface area contributed by atoms with Gasteiger partial charge < -0.3 is 9.79 Å². The van der Waals surface area contributed by atoms with Gasteiger partial charge in [0.25, 0.3) is 0 Å². The van der Waals surface area contributed by atoms with Crippen molar-refractivity contribution in [2.45, 2.75) is 20.8 Å². The van der Waals surface area contributed by atoms with E-state index in [2.05, 4.69) is 0 Å². The van der Waals surface area contributed by atoms with Crippen LogP contribution in [0.15, 0.2) is 10.3 Å². The van der Waals surface area contributed by atoms with Gasteiger partial charge in [-0.3, -0.25) is 4.57 Å². The molecule has 11 heavy (non-hydrogen) atoms. The van der Waals surface area contributed by atoms with Crippen LogP contribution < -0.4 is 0 Å². The minimum Gasteiger partial charge on any atom is -0.321 e. The highest BCUT2D eigenvalue weighted by Crippen LogP contribution is 2.48. The van der Waals surface area contributed by atoms with Crippen LogP contribution in [0, 0.1) is 5.92 Å². The number of rotatable bonds is 2. The Morgan fingerprint density at radius 2 is 1.82 bits per heavy atom. The van der Waals surface area contributed by atoms with E-state index in [-0.39, 0.29) is 16.3 Å². The van der Waals surface area contributed by atoms with Gasteiger partial charge in [-0.05, 0) is 12.8 Å². The third-order valence-corrected chi connectivity index (χ3v) is 3.26. The average Bonchev–Trinajstić information content (AvgIpc) is 1.82. The maximum atomic E-state index is 10.6. The average molecular weight is 199 g/mol. The summed E-state index contributed by atoms with van der Waals surface area (Å²) in [5, 5.41) is 0.215. The first-order valence-corrected chi connectivity index (χ1v) is 5.18.